The monoisotopic (exact) mass is 285 g/mol. The fraction of sp³-hybridized carbons (Fsp3) is 0.267. The smallest absolute Gasteiger partial charge is 0.259 e. The minimum absolute atomic E-state index is 0.0351. The van der Waals surface area contributed by atoms with Gasteiger partial charge in [0, 0.05) is 6.04 Å². The van der Waals surface area contributed by atoms with Crippen LogP contribution in [0.1, 0.15) is 29.9 Å². The zero-order chi connectivity index (χ0) is 15.0. The van der Waals surface area contributed by atoms with Crippen molar-refractivity contribution in [3.8, 4) is 11.5 Å². The normalized spacial score (nSPS) is 11.2. The second-order valence-electron chi connectivity index (χ2n) is 5.11. The Labute approximate surface area is 121 Å². The number of fused-ring (bicyclic) bond motifs is 1. The predicted molar refractivity (Wildman–Crippen MR) is 76.8 cm³/mol. The highest BCUT2D eigenvalue weighted by Crippen LogP contribution is 2.27. The molecule has 1 amide bonds. The minimum Gasteiger partial charge on any atom is -0.463 e. The molecular formula is C15H15N3O3. The Bertz CT molecular complexity index is 788. The van der Waals surface area contributed by atoms with E-state index in [2.05, 4.69) is 15.5 Å². The fourth-order valence-corrected chi connectivity index (χ4v) is 2.16. The van der Waals surface area contributed by atoms with Crippen molar-refractivity contribution in [2.24, 2.45) is 0 Å². The van der Waals surface area contributed by atoms with Crippen LogP contribution in [-0.2, 0) is 0 Å². The number of rotatable bonds is 3. The third kappa shape index (κ3) is 2.40. The van der Waals surface area contributed by atoms with Crippen LogP contribution in [0.2, 0.25) is 0 Å². The molecular weight excluding hydrogens is 270 g/mol. The molecule has 0 spiro atoms. The first-order chi connectivity index (χ1) is 10.1. The third-order valence-corrected chi connectivity index (χ3v) is 3.06. The van der Waals surface area contributed by atoms with E-state index in [1.54, 1.807) is 31.4 Å². The van der Waals surface area contributed by atoms with E-state index in [1.807, 2.05) is 13.8 Å². The van der Waals surface area contributed by atoms with Gasteiger partial charge in [0.2, 0.25) is 0 Å². The predicted octanol–water partition coefficient (Wildman–Crippen LogP) is 2.93. The van der Waals surface area contributed by atoms with E-state index in [0.29, 0.717) is 33.8 Å². The molecule has 108 valence electrons. The standard InChI is InChI=1S/C15H15N3O3/c1-8(2)16-14(19)10-7-11(12-5-4-6-20-12)17-15-13(10)9(3)18-21-15/h4-8H,1-3H3,(H,16,19). The highest BCUT2D eigenvalue weighted by molar-refractivity contribution is 6.06. The third-order valence-electron chi connectivity index (χ3n) is 3.06. The summed E-state index contributed by atoms with van der Waals surface area (Å²) in [5.74, 6) is 0.390. The zero-order valence-corrected chi connectivity index (χ0v) is 12.0. The Balaban J connectivity index is 2.20. The minimum atomic E-state index is -0.184. The van der Waals surface area contributed by atoms with Crippen molar-refractivity contribution < 1.29 is 13.7 Å². The SMILES string of the molecule is Cc1noc2nc(-c3ccco3)cc(C(=O)NC(C)C)c12. The van der Waals surface area contributed by atoms with Crippen LogP contribution in [0.15, 0.2) is 33.4 Å². The number of nitrogens with zero attached hydrogens (tertiary/aromatic N) is 2. The molecule has 0 saturated carbocycles. The zero-order valence-electron chi connectivity index (χ0n) is 12.0. The number of amides is 1. The van der Waals surface area contributed by atoms with Crippen molar-refractivity contribution in [1.82, 2.24) is 15.5 Å². The van der Waals surface area contributed by atoms with Crippen LogP contribution in [0.4, 0.5) is 0 Å². The number of furan rings is 1. The Hall–Kier alpha value is -2.63. The van der Waals surface area contributed by atoms with E-state index in [0.717, 1.165) is 0 Å². The number of carbonyl (C=O) groups excluding carboxylic acids is 1. The summed E-state index contributed by atoms with van der Waals surface area (Å²) in [6.07, 6.45) is 1.56. The molecule has 0 aliphatic heterocycles. The number of aryl methyl sites for hydroxylation is 1. The largest absolute Gasteiger partial charge is 0.463 e. The van der Waals surface area contributed by atoms with Crippen LogP contribution in [0.5, 0.6) is 0 Å². The number of hydrogen-bond acceptors (Lipinski definition) is 5. The maximum atomic E-state index is 12.4. The topological polar surface area (TPSA) is 81.2 Å². The lowest BCUT2D eigenvalue weighted by Crippen LogP contribution is -2.30. The first kappa shape index (κ1) is 13.4. The molecule has 3 aromatic rings. The summed E-state index contributed by atoms with van der Waals surface area (Å²) in [6, 6.07) is 5.28. The van der Waals surface area contributed by atoms with Gasteiger partial charge in [-0.25, -0.2) is 4.98 Å². The Kier molecular flexibility index (Phi) is 3.21. The summed E-state index contributed by atoms with van der Waals surface area (Å²) in [5, 5.41) is 7.39. The van der Waals surface area contributed by atoms with Gasteiger partial charge < -0.3 is 14.3 Å². The molecule has 1 N–H and O–H groups in total. The van der Waals surface area contributed by atoms with Crippen molar-refractivity contribution >= 4 is 17.0 Å². The highest BCUT2D eigenvalue weighted by atomic mass is 16.5. The maximum absolute atomic E-state index is 12.4. The van der Waals surface area contributed by atoms with E-state index in [4.69, 9.17) is 8.94 Å². The first-order valence-corrected chi connectivity index (χ1v) is 6.68. The van der Waals surface area contributed by atoms with Gasteiger partial charge in [-0.3, -0.25) is 4.79 Å². The first-order valence-electron chi connectivity index (χ1n) is 6.68. The van der Waals surface area contributed by atoms with Gasteiger partial charge in [0.1, 0.15) is 5.69 Å². The van der Waals surface area contributed by atoms with Crippen LogP contribution in [0.3, 0.4) is 0 Å². The number of hydrogen-bond donors (Lipinski definition) is 1. The summed E-state index contributed by atoms with van der Waals surface area (Å²) in [5.41, 5.74) is 1.99. The molecule has 0 atom stereocenters. The van der Waals surface area contributed by atoms with Crippen LogP contribution in [0.25, 0.3) is 22.6 Å². The lowest BCUT2D eigenvalue weighted by Gasteiger charge is -2.09. The van der Waals surface area contributed by atoms with Gasteiger partial charge in [-0.1, -0.05) is 5.16 Å². The van der Waals surface area contributed by atoms with Gasteiger partial charge in [-0.15, -0.1) is 0 Å². The molecule has 3 rings (SSSR count). The van der Waals surface area contributed by atoms with Gasteiger partial charge in [0.15, 0.2) is 5.76 Å². The van der Waals surface area contributed by atoms with E-state index < -0.39 is 0 Å². The van der Waals surface area contributed by atoms with Crippen molar-refractivity contribution in [3.05, 3.63) is 35.7 Å². The van der Waals surface area contributed by atoms with Crippen molar-refractivity contribution in [1.29, 1.82) is 0 Å². The van der Waals surface area contributed by atoms with E-state index in [9.17, 15) is 4.79 Å². The number of aromatic nitrogens is 2. The average Bonchev–Trinajstić information content (AvgIpc) is 3.07. The molecule has 0 bridgehead atoms. The number of nitrogens with one attached hydrogen (secondary N) is 1. The molecule has 0 aliphatic carbocycles. The summed E-state index contributed by atoms with van der Waals surface area (Å²) >= 11 is 0. The van der Waals surface area contributed by atoms with E-state index in [-0.39, 0.29) is 11.9 Å². The molecule has 0 radical (unpaired) electrons. The molecule has 0 fully saturated rings. The Morgan fingerprint density at radius 1 is 1.38 bits per heavy atom. The van der Waals surface area contributed by atoms with Crippen molar-refractivity contribution in [3.63, 3.8) is 0 Å². The Morgan fingerprint density at radius 3 is 2.86 bits per heavy atom. The Morgan fingerprint density at radius 2 is 2.19 bits per heavy atom. The van der Waals surface area contributed by atoms with Gasteiger partial charge in [-0.05, 0) is 39.0 Å². The summed E-state index contributed by atoms with van der Waals surface area (Å²) in [7, 11) is 0. The lowest BCUT2D eigenvalue weighted by molar-refractivity contribution is 0.0944. The molecule has 0 unspecified atom stereocenters. The van der Waals surface area contributed by atoms with E-state index >= 15 is 0 Å². The fourth-order valence-electron chi connectivity index (χ4n) is 2.16. The molecule has 0 aromatic carbocycles. The van der Waals surface area contributed by atoms with Crippen LogP contribution >= 0.6 is 0 Å². The summed E-state index contributed by atoms with van der Waals surface area (Å²) in [4.78, 5) is 16.8. The van der Waals surface area contributed by atoms with Gasteiger partial charge in [0.05, 0.1) is 22.9 Å². The van der Waals surface area contributed by atoms with Crippen LogP contribution in [0, 0.1) is 6.92 Å². The van der Waals surface area contributed by atoms with Crippen LogP contribution < -0.4 is 5.32 Å². The second kappa shape index (κ2) is 5.05. The molecule has 0 aliphatic rings. The van der Waals surface area contributed by atoms with Crippen LogP contribution in [-0.4, -0.2) is 22.1 Å². The number of pyridine rings is 1. The van der Waals surface area contributed by atoms with Gasteiger partial charge in [-0.2, -0.15) is 0 Å². The molecule has 0 saturated heterocycles. The molecule has 3 heterocycles. The lowest BCUT2D eigenvalue weighted by atomic mass is 10.1. The maximum Gasteiger partial charge on any atom is 0.259 e. The van der Waals surface area contributed by atoms with Gasteiger partial charge >= 0.3 is 0 Å². The molecule has 6 heteroatoms. The van der Waals surface area contributed by atoms with E-state index in [1.165, 1.54) is 0 Å². The molecule has 21 heavy (non-hydrogen) atoms. The van der Waals surface area contributed by atoms with Crippen molar-refractivity contribution in [2.45, 2.75) is 26.8 Å². The average molecular weight is 285 g/mol. The second-order valence-corrected chi connectivity index (χ2v) is 5.11. The molecule has 3 aromatic heterocycles. The summed E-state index contributed by atoms with van der Waals surface area (Å²) < 4.78 is 10.5. The highest BCUT2D eigenvalue weighted by Gasteiger charge is 2.20. The summed E-state index contributed by atoms with van der Waals surface area (Å²) in [6.45, 7) is 5.60. The van der Waals surface area contributed by atoms with Crippen molar-refractivity contribution in [2.75, 3.05) is 0 Å². The number of carbonyl (C=O) groups is 1. The van der Waals surface area contributed by atoms with Gasteiger partial charge in [0.25, 0.3) is 11.6 Å². The quantitative estimate of drug-likeness (QED) is 0.800. The molecule has 6 nitrogen and oxygen atoms in total.